The van der Waals surface area contributed by atoms with E-state index < -0.39 is 0 Å². The predicted molar refractivity (Wildman–Crippen MR) is 68.1 cm³/mol. The first kappa shape index (κ1) is 11.5. The van der Waals surface area contributed by atoms with Crippen molar-refractivity contribution in [3.05, 3.63) is 65.5 Å². The van der Waals surface area contributed by atoms with Crippen molar-refractivity contribution in [2.45, 2.75) is 19.8 Å². The zero-order valence-electron chi connectivity index (χ0n) is 9.89. The standard InChI is InChI=1S/C15H15NO/c1-12-9-14(11-16-10-12)15(17)8-7-13-5-3-2-4-6-13/h2-6,9-11H,7-8H2,1H3. The van der Waals surface area contributed by atoms with Crippen LogP contribution in [0.15, 0.2) is 48.8 Å². The molecule has 1 aromatic carbocycles. The first-order chi connectivity index (χ1) is 8.25. The summed E-state index contributed by atoms with van der Waals surface area (Å²) in [5.41, 5.74) is 2.93. The zero-order valence-corrected chi connectivity index (χ0v) is 9.89. The minimum Gasteiger partial charge on any atom is -0.294 e. The van der Waals surface area contributed by atoms with E-state index in [1.807, 2.05) is 43.3 Å². The van der Waals surface area contributed by atoms with Crippen molar-refractivity contribution in [1.82, 2.24) is 4.98 Å². The molecule has 2 nitrogen and oxygen atoms in total. The molecular weight excluding hydrogens is 210 g/mol. The maximum Gasteiger partial charge on any atom is 0.164 e. The Morgan fingerprint density at radius 1 is 1.18 bits per heavy atom. The first-order valence-corrected chi connectivity index (χ1v) is 5.74. The van der Waals surface area contributed by atoms with Crippen molar-refractivity contribution in [3.8, 4) is 0 Å². The van der Waals surface area contributed by atoms with Gasteiger partial charge in [0.15, 0.2) is 5.78 Å². The van der Waals surface area contributed by atoms with Crippen molar-refractivity contribution in [2.24, 2.45) is 0 Å². The summed E-state index contributed by atoms with van der Waals surface area (Å²) in [6.45, 7) is 1.95. The van der Waals surface area contributed by atoms with Crippen molar-refractivity contribution < 1.29 is 4.79 Å². The summed E-state index contributed by atoms with van der Waals surface area (Å²) in [5.74, 6) is 0.157. The average Bonchev–Trinajstić information content (AvgIpc) is 2.37. The molecule has 0 fully saturated rings. The molecule has 86 valence electrons. The lowest BCUT2D eigenvalue weighted by Gasteiger charge is -2.02. The number of aryl methyl sites for hydroxylation is 2. The van der Waals surface area contributed by atoms with Crippen molar-refractivity contribution in [3.63, 3.8) is 0 Å². The van der Waals surface area contributed by atoms with Gasteiger partial charge in [0.2, 0.25) is 0 Å². The molecule has 2 aromatic rings. The van der Waals surface area contributed by atoms with Gasteiger partial charge in [-0.25, -0.2) is 0 Å². The van der Waals surface area contributed by atoms with Gasteiger partial charge in [0.05, 0.1) is 0 Å². The Kier molecular flexibility index (Phi) is 3.66. The lowest BCUT2D eigenvalue weighted by atomic mass is 10.0. The Hall–Kier alpha value is -1.96. The van der Waals surface area contributed by atoms with Crippen molar-refractivity contribution in [2.75, 3.05) is 0 Å². The van der Waals surface area contributed by atoms with Crippen molar-refractivity contribution in [1.29, 1.82) is 0 Å². The van der Waals surface area contributed by atoms with Gasteiger partial charge in [-0.3, -0.25) is 9.78 Å². The summed E-state index contributed by atoms with van der Waals surface area (Å²) in [6, 6.07) is 11.9. The molecule has 0 aliphatic carbocycles. The molecule has 0 N–H and O–H groups in total. The number of benzene rings is 1. The summed E-state index contributed by atoms with van der Waals surface area (Å²) >= 11 is 0. The smallest absolute Gasteiger partial charge is 0.164 e. The van der Waals surface area contributed by atoms with E-state index in [4.69, 9.17) is 0 Å². The SMILES string of the molecule is Cc1cncc(C(=O)CCc2ccccc2)c1. The zero-order chi connectivity index (χ0) is 12.1. The molecule has 2 rings (SSSR count). The van der Waals surface area contributed by atoms with Crippen LogP contribution in [0.4, 0.5) is 0 Å². The molecule has 0 saturated heterocycles. The fraction of sp³-hybridized carbons (Fsp3) is 0.200. The van der Waals surface area contributed by atoms with Crippen LogP contribution in [0, 0.1) is 6.92 Å². The van der Waals surface area contributed by atoms with Crippen LogP contribution in [-0.4, -0.2) is 10.8 Å². The van der Waals surface area contributed by atoms with Gasteiger partial charge in [-0.05, 0) is 30.5 Å². The Morgan fingerprint density at radius 3 is 2.65 bits per heavy atom. The van der Waals surface area contributed by atoms with Crippen LogP contribution < -0.4 is 0 Å². The highest BCUT2D eigenvalue weighted by atomic mass is 16.1. The van der Waals surface area contributed by atoms with Gasteiger partial charge in [0.25, 0.3) is 0 Å². The van der Waals surface area contributed by atoms with E-state index in [0.717, 1.165) is 12.0 Å². The molecule has 0 aliphatic heterocycles. The van der Waals surface area contributed by atoms with Crippen LogP contribution in [0.25, 0.3) is 0 Å². The third kappa shape index (κ3) is 3.25. The minimum absolute atomic E-state index is 0.157. The summed E-state index contributed by atoms with van der Waals surface area (Å²) in [7, 11) is 0. The van der Waals surface area contributed by atoms with E-state index in [-0.39, 0.29) is 5.78 Å². The van der Waals surface area contributed by atoms with Crippen molar-refractivity contribution >= 4 is 5.78 Å². The van der Waals surface area contributed by atoms with E-state index in [9.17, 15) is 4.79 Å². The number of hydrogen-bond donors (Lipinski definition) is 0. The van der Waals surface area contributed by atoms with E-state index in [1.54, 1.807) is 12.4 Å². The largest absolute Gasteiger partial charge is 0.294 e. The quantitative estimate of drug-likeness (QED) is 0.748. The normalized spacial score (nSPS) is 10.2. The molecule has 0 unspecified atom stereocenters. The average molecular weight is 225 g/mol. The Labute approximate surface area is 101 Å². The van der Waals surface area contributed by atoms with Crippen LogP contribution in [-0.2, 0) is 6.42 Å². The summed E-state index contributed by atoms with van der Waals surface area (Å²) in [5, 5.41) is 0. The highest BCUT2D eigenvalue weighted by Crippen LogP contribution is 2.08. The van der Waals surface area contributed by atoms with E-state index in [2.05, 4.69) is 4.98 Å². The number of rotatable bonds is 4. The Bertz CT molecular complexity index is 505. The van der Waals surface area contributed by atoms with Gasteiger partial charge in [-0.1, -0.05) is 30.3 Å². The van der Waals surface area contributed by atoms with Gasteiger partial charge >= 0.3 is 0 Å². The molecule has 0 amide bonds. The number of pyridine rings is 1. The van der Waals surface area contributed by atoms with E-state index in [0.29, 0.717) is 12.0 Å². The summed E-state index contributed by atoms with van der Waals surface area (Å²) < 4.78 is 0. The van der Waals surface area contributed by atoms with Gasteiger partial charge in [0.1, 0.15) is 0 Å². The van der Waals surface area contributed by atoms with Crippen LogP contribution in [0.5, 0.6) is 0 Å². The molecule has 0 aliphatic rings. The summed E-state index contributed by atoms with van der Waals surface area (Å²) in [6.07, 6.45) is 4.72. The third-order valence-electron chi connectivity index (χ3n) is 2.68. The maximum absolute atomic E-state index is 11.9. The van der Waals surface area contributed by atoms with Gasteiger partial charge in [0, 0.05) is 24.4 Å². The number of carbonyl (C=O) groups is 1. The number of ketones is 1. The van der Waals surface area contributed by atoms with Crippen LogP contribution >= 0.6 is 0 Å². The number of Topliss-reactive ketones (excluding diaryl/α,β-unsaturated/α-hetero) is 1. The lowest BCUT2D eigenvalue weighted by molar-refractivity contribution is 0.0982. The Balaban J connectivity index is 1.98. The maximum atomic E-state index is 11.9. The molecule has 0 spiro atoms. The Morgan fingerprint density at radius 2 is 1.94 bits per heavy atom. The molecule has 1 heterocycles. The van der Waals surface area contributed by atoms with Gasteiger partial charge in [-0.15, -0.1) is 0 Å². The minimum atomic E-state index is 0.157. The van der Waals surface area contributed by atoms with Gasteiger partial charge < -0.3 is 0 Å². The van der Waals surface area contributed by atoms with Crippen LogP contribution in [0.2, 0.25) is 0 Å². The fourth-order valence-electron chi connectivity index (χ4n) is 1.75. The molecule has 0 atom stereocenters. The first-order valence-electron chi connectivity index (χ1n) is 5.74. The van der Waals surface area contributed by atoms with Crippen LogP contribution in [0.1, 0.15) is 27.9 Å². The summed E-state index contributed by atoms with van der Waals surface area (Å²) in [4.78, 5) is 16.0. The highest BCUT2D eigenvalue weighted by molar-refractivity contribution is 5.96. The highest BCUT2D eigenvalue weighted by Gasteiger charge is 2.06. The van der Waals surface area contributed by atoms with Gasteiger partial charge in [-0.2, -0.15) is 0 Å². The second-order valence-corrected chi connectivity index (χ2v) is 4.16. The number of nitrogens with zero attached hydrogens (tertiary/aromatic N) is 1. The topological polar surface area (TPSA) is 30.0 Å². The molecule has 0 bridgehead atoms. The molecular formula is C15H15NO. The predicted octanol–water partition coefficient (Wildman–Crippen LogP) is 3.21. The van der Waals surface area contributed by atoms with Crippen LogP contribution in [0.3, 0.4) is 0 Å². The molecule has 0 saturated carbocycles. The number of hydrogen-bond acceptors (Lipinski definition) is 2. The molecule has 0 radical (unpaired) electrons. The monoisotopic (exact) mass is 225 g/mol. The molecule has 17 heavy (non-hydrogen) atoms. The third-order valence-corrected chi connectivity index (χ3v) is 2.68. The molecule has 1 aromatic heterocycles. The fourth-order valence-corrected chi connectivity index (χ4v) is 1.75. The van der Waals surface area contributed by atoms with E-state index >= 15 is 0 Å². The second kappa shape index (κ2) is 5.39. The second-order valence-electron chi connectivity index (χ2n) is 4.16. The van der Waals surface area contributed by atoms with E-state index in [1.165, 1.54) is 5.56 Å². The number of aromatic nitrogens is 1. The lowest BCUT2D eigenvalue weighted by Crippen LogP contribution is -2.02. The molecule has 2 heteroatoms. The number of carbonyl (C=O) groups excluding carboxylic acids is 1.